The Balaban J connectivity index is 1.21. The largest absolute Gasteiger partial charge is 0.481 e. The summed E-state index contributed by atoms with van der Waals surface area (Å²) in [6.45, 7) is 3.14. The van der Waals surface area contributed by atoms with Crippen LogP contribution in [0.4, 0.5) is 4.79 Å². The smallest absolute Gasteiger partial charge is 0.407 e. The SMILES string of the molecule is CCCC[C@H](NC(=O)OCC1c2ccccc2-c2ccccc21)C(=O)N1CC2C(C1)C2C(=O)O. The summed E-state index contributed by atoms with van der Waals surface area (Å²) in [6.07, 6.45) is 1.65. The standard InChI is InChI=1S/C27H30N2O5/c1-2-3-12-23(25(30)29-13-20-21(14-29)24(20)26(31)32)28-27(33)34-15-22-18-10-6-4-8-16(18)17-9-5-7-11-19(17)22/h4-11,20-24H,2-3,12-15H2,1H3,(H,28,33)(H,31,32)/t20?,21?,23-,24?/m0/s1. The first-order valence-corrected chi connectivity index (χ1v) is 12.1. The van der Waals surface area contributed by atoms with E-state index in [-0.39, 0.29) is 36.2 Å². The first-order chi connectivity index (χ1) is 16.5. The van der Waals surface area contributed by atoms with Gasteiger partial charge in [0.2, 0.25) is 5.91 Å². The van der Waals surface area contributed by atoms with E-state index in [1.54, 1.807) is 4.90 Å². The molecule has 0 aromatic heterocycles. The van der Waals surface area contributed by atoms with Crippen LogP contribution >= 0.6 is 0 Å². The highest BCUT2D eigenvalue weighted by Crippen LogP contribution is 2.52. The van der Waals surface area contributed by atoms with Gasteiger partial charge in [0.1, 0.15) is 12.6 Å². The van der Waals surface area contributed by atoms with Gasteiger partial charge in [0.05, 0.1) is 5.92 Å². The molecule has 1 saturated heterocycles. The van der Waals surface area contributed by atoms with Gasteiger partial charge in [-0.2, -0.15) is 0 Å². The van der Waals surface area contributed by atoms with Gasteiger partial charge in [0.15, 0.2) is 0 Å². The summed E-state index contributed by atoms with van der Waals surface area (Å²) in [5.74, 6) is -1.19. The molecule has 2 amide bonds. The summed E-state index contributed by atoms with van der Waals surface area (Å²) < 4.78 is 5.64. The zero-order valence-electron chi connectivity index (χ0n) is 19.3. The molecule has 1 heterocycles. The van der Waals surface area contributed by atoms with E-state index in [0.717, 1.165) is 35.1 Å². The Morgan fingerprint density at radius 2 is 1.62 bits per heavy atom. The van der Waals surface area contributed by atoms with Gasteiger partial charge < -0.3 is 20.1 Å². The average molecular weight is 463 g/mol. The van der Waals surface area contributed by atoms with Crippen molar-refractivity contribution < 1.29 is 24.2 Å². The van der Waals surface area contributed by atoms with Crippen molar-refractivity contribution in [3.8, 4) is 11.1 Å². The zero-order chi connectivity index (χ0) is 23.8. The monoisotopic (exact) mass is 462 g/mol. The van der Waals surface area contributed by atoms with Crippen LogP contribution in [0.1, 0.15) is 43.2 Å². The average Bonchev–Trinajstić information content (AvgIpc) is 3.20. The molecular formula is C27H30N2O5. The van der Waals surface area contributed by atoms with E-state index >= 15 is 0 Å². The van der Waals surface area contributed by atoms with Crippen LogP contribution in [-0.4, -0.2) is 53.7 Å². The Hall–Kier alpha value is -3.35. The summed E-state index contributed by atoms with van der Waals surface area (Å²) in [5.41, 5.74) is 4.60. The number of carbonyl (C=O) groups is 3. The fourth-order valence-corrected chi connectivity index (χ4v) is 5.74. The quantitative estimate of drug-likeness (QED) is 0.621. The molecule has 0 spiro atoms. The van der Waals surface area contributed by atoms with Crippen molar-refractivity contribution in [2.75, 3.05) is 19.7 Å². The van der Waals surface area contributed by atoms with Crippen LogP contribution in [0.25, 0.3) is 11.1 Å². The molecule has 34 heavy (non-hydrogen) atoms. The van der Waals surface area contributed by atoms with E-state index in [1.165, 1.54) is 0 Å². The number of rotatable bonds is 8. The minimum atomic E-state index is -0.776. The molecule has 178 valence electrons. The Kier molecular flexibility index (Phi) is 6.02. The minimum absolute atomic E-state index is 0.0402. The highest BCUT2D eigenvalue weighted by molar-refractivity contribution is 5.87. The van der Waals surface area contributed by atoms with E-state index in [0.29, 0.717) is 19.5 Å². The van der Waals surface area contributed by atoms with E-state index in [2.05, 4.69) is 29.6 Å². The Labute approximate surface area is 199 Å². The third-order valence-corrected chi connectivity index (χ3v) is 7.57. The number of nitrogens with one attached hydrogen (secondary N) is 1. The molecule has 2 aromatic carbocycles. The maximum absolute atomic E-state index is 13.1. The maximum Gasteiger partial charge on any atom is 0.407 e. The predicted octanol–water partition coefficient (Wildman–Crippen LogP) is 3.87. The molecule has 2 aliphatic carbocycles. The van der Waals surface area contributed by atoms with E-state index in [9.17, 15) is 19.5 Å². The summed E-state index contributed by atoms with van der Waals surface area (Å²) in [6, 6.07) is 15.7. The number of fused-ring (bicyclic) bond motifs is 4. The number of hydrogen-bond acceptors (Lipinski definition) is 4. The molecule has 7 heteroatoms. The minimum Gasteiger partial charge on any atom is -0.481 e. The lowest BCUT2D eigenvalue weighted by Crippen LogP contribution is -2.49. The first kappa shape index (κ1) is 22.4. The fraction of sp³-hybridized carbons (Fsp3) is 0.444. The number of amides is 2. The van der Waals surface area contributed by atoms with E-state index < -0.39 is 18.1 Å². The van der Waals surface area contributed by atoms with Crippen LogP contribution in [0.5, 0.6) is 0 Å². The molecule has 0 radical (unpaired) electrons. The molecule has 7 nitrogen and oxygen atoms in total. The van der Waals surface area contributed by atoms with Gasteiger partial charge >= 0.3 is 12.1 Å². The summed E-state index contributed by atoms with van der Waals surface area (Å²) >= 11 is 0. The van der Waals surface area contributed by atoms with Crippen molar-refractivity contribution in [3.05, 3.63) is 59.7 Å². The molecular weight excluding hydrogens is 432 g/mol. The highest BCUT2D eigenvalue weighted by atomic mass is 16.5. The van der Waals surface area contributed by atoms with Crippen molar-refractivity contribution in [2.45, 2.75) is 38.1 Å². The number of piperidine rings is 1. The van der Waals surface area contributed by atoms with Crippen LogP contribution in [0.2, 0.25) is 0 Å². The number of carbonyl (C=O) groups excluding carboxylic acids is 2. The summed E-state index contributed by atoms with van der Waals surface area (Å²) in [5, 5.41) is 12.0. The van der Waals surface area contributed by atoms with Gasteiger partial charge in [0, 0.05) is 19.0 Å². The van der Waals surface area contributed by atoms with Crippen molar-refractivity contribution in [3.63, 3.8) is 0 Å². The number of alkyl carbamates (subject to hydrolysis) is 1. The van der Waals surface area contributed by atoms with Crippen LogP contribution in [-0.2, 0) is 14.3 Å². The maximum atomic E-state index is 13.1. The van der Waals surface area contributed by atoms with Gasteiger partial charge in [-0.15, -0.1) is 0 Å². The Bertz CT molecular complexity index is 1060. The number of unbranched alkanes of at least 4 members (excludes halogenated alkanes) is 1. The van der Waals surface area contributed by atoms with Crippen LogP contribution in [0.15, 0.2) is 48.5 Å². The van der Waals surface area contributed by atoms with Gasteiger partial charge in [0.25, 0.3) is 0 Å². The second-order valence-electron chi connectivity index (χ2n) is 9.60. The lowest BCUT2D eigenvalue weighted by Gasteiger charge is -2.26. The number of carboxylic acid groups (broad SMARTS) is 1. The topological polar surface area (TPSA) is 95.9 Å². The number of likely N-dealkylation sites (tertiary alicyclic amines) is 1. The Morgan fingerprint density at radius 1 is 1.03 bits per heavy atom. The summed E-state index contributed by atoms with van der Waals surface area (Å²) in [7, 11) is 0. The molecule has 1 aliphatic heterocycles. The fourth-order valence-electron chi connectivity index (χ4n) is 5.74. The van der Waals surface area contributed by atoms with Crippen molar-refractivity contribution in [1.29, 1.82) is 0 Å². The van der Waals surface area contributed by atoms with Gasteiger partial charge in [-0.05, 0) is 40.5 Å². The summed E-state index contributed by atoms with van der Waals surface area (Å²) in [4.78, 5) is 38.8. The third kappa shape index (κ3) is 4.04. The number of nitrogens with zero attached hydrogens (tertiary/aromatic N) is 1. The molecule has 2 fully saturated rings. The number of hydrogen-bond donors (Lipinski definition) is 2. The lowest BCUT2D eigenvalue weighted by atomic mass is 9.98. The van der Waals surface area contributed by atoms with Crippen LogP contribution < -0.4 is 5.32 Å². The third-order valence-electron chi connectivity index (χ3n) is 7.57. The molecule has 5 rings (SSSR count). The van der Waals surface area contributed by atoms with Crippen molar-refractivity contribution in [2.24, 2.45) is 17.8 Å². The molecule has 0 bridgehead atoms. The van der Waals surface area contributed by atoms with Gasteiger partial charge in [-0.1, -0.05) is 68.3 Å². The number of aliphatic carboxylic acids is 1. The van der Waals surface area contributed by atoms with E-state index in [4.69, 9.17) is 4.74 Å². The predicted molar refractivity (Wildman–Crippen MR) is 126 cm³/mol. The number of ether oxygens (including phenoxy) is 1. The second kappa shape index (κ2) is 9.12. The Morgan fingerprint density at radius 3 is 2.18 bits per heavy atom. The van der Waals surface area contributed by atoms with Gasteiger partial charge in [-0.25, -0.2) is 4.79 Å². The normalized spacial score (nSPS) is 23.0. The molecule has 2 unspecified atom stereocenters. The lowest BCUT2D eigenvalue weighted by molar-refractivity contribution is -0.141. The molecule has 2 N–H and O–H groups in total. The molecule has 2 aromatic rings. The van der Waals surface area contributed by atoms with E-state index in [1.807, 2.05) is 31.2 Å². The molecule has 3 atom stereocenters. The van der Waals surface area contributed by atoms with Crippen LogP contribution in [0, 0.1) is 17.8 Å². The molecule has 1 saturated carbocycles. The number of benzene rings is 2. The van der Waals surface area contributed by atoms with Crippen LogP contribution in [0.3, 0.4) is 0 Å². The van der Waals surface area contributed by atoms with Gasteiger partial charge in [-0.3, -0.25) is 9.59 Å². The van der Waals surface area contributed by atoms with Crippen molar-refractivity contribution >= 4 is 18.0 Å². The highest BCUT2D eigenvalue weighted by Gasteiger charge is 2.60. The molecule has 3 aliphatic rings. The van der Waals surface area contributed by atoms with Crippen molar-refractivity contribution in [1.82, 2.24) is 10.2 Å². The zero-order valence-corrected chi connectivity index (χ0v) is 19.3. The second-order valence-corrected chi connectivity index (χ2v) is 9.60. The number of carboxylic acids is 1. The first-order valence-electron chi connectivity index (χ1n) is 12.1.